The Hall–Kier alpha value is -1.83. The normalized spacial score (nSPS) is 10.8. The molecule has 1 aromatic heterocycles. The van der Waals surface area contributed by atoms with Gasteiger partial charge in [-0.2, -0.15) is 0 Å². The number of hydrogen-bond donors (Lipinski definition) is 2. The molecule has 0 spiro atoms. The third kappa shape index (κ3) is 8.03. The Morgan fingerprint density at radius 1 is 1.04 bits per heavy atom. The molecule has 0 amide bonds. The first-order valence-corrected chi connectivity index (χ1v) is 8.98. The van der Waals surface area contributed by atoms with Crippen molar-refractivity contribution in [1.82, 2.24) is 15.6 Å². The first-order chi connectivity index (χ1) is 12.3. The van der Waals surface area contributed by atoms with Crippen LogP contribution in [-0.4, -0.2) is 44.2 Å². The van der Waals surface area contributed by atoms with Gasteiger partial charge in [-0.1, -0.05) is 24.3 Å². The molecule has 0 saturated heterocycles. The highest BCUT2D eigenvalue weighted by atomic mass is 127. The lowest BCUT2D eigenvalue weighted by Crippen LogP contribution is -2.39. The number of benzene rings is 1. The van der Waals surface area contributed by atoms with E-state index >= 15 is 0 Å². The highest BCUT2D eigenvalue weighted by Crippen LogP contribution is 2.12. The summed E-state index contributed by atoms with van der Waals surface area (Å²) in [4.78, 5) is 11.0. The molecule has 2 N–H and O–H groups in total. The zero-order valence-corrected chi connectivity index (χ0v) is 18.0. The number of hydrogen-bond acceptors (Lipinski definition) is 3. The van der Waals surface area contributed by atoms with Crippen LogP contribution in [0.25, 0.3) is 0 Å². The van der Waals surface area contributed by atoms with Crippen molar-refractivity contribution in [2.45, 2.75) is 19.8 Å². The number of pyridine rings is 1. The highest BCUT2D eigenvalue weighted by Gasteiger charge is 2.03. The quantitative estimate of drug-likeness (QED) is 0.257. The van der Waals surface area contributed by atoms with Crippen molar-refractivity contribution in [3.05, 3.63) is 60.4 Å². The van der Waals surface area contributed by atoms with Crippen LogP contribution in [0.2, 0.25) is 0 Å². The second-order valence-corrected chi connectivity index (χ2v) is 5.77. The minimum Gasteiger partial charge on any atom is -0.372 e. The summed E-state index contributed by atoms with van der Waals surface area (Å²) < 4.78 is 0. The van der Waals surface area contributed by atoms with Gasteiger partial charge in [-0.25, -0.2) is 0 Å². The molecule has 0 aliphatic heterocycles. The van der Waals surface area contributed by atoms with Crippen molar-refractivity contribution < 1.29 is 0 Å². The van der Waals surface area contributed by atoms with Gasteiger partial charge in [-0.3, -0.25) is 9.98 Å². The van der Waals surface area contributed by atoms with E-state index in [-0.39, 0.29) is 24.0 Å². The van der Waals surface area contributed by atoms with Crippen LogP contribution in [0.1, 0.15) is 19.0 Å². The number of aliphatic imine (C=N–C) groups is 1. The molecule has 0 atom stereocenters. The topological polar surface area (TPSA) is 52.5 Å². The van der Waals surface area contributed by atoms with Crippen LogP contribution >= 0.6 is 24.0 Å². The van der Waals surface area contributed by atoms with Crippen molar-refractivity contribution >= 4 is 35.6 Å². The van der Waals surface area contributed by atoms with Gasteiger partial charge in [0.15, 0.2) is 5.96 Å². The molecule has 1 aromatic carbocycles. The minimum absolute atomic E-state index is 0. The molecule has 0 aliphatic carbocycles. The fourth-order valence-electron chi connectivity index (χ4n) is 2.66. The first kappa shape index (κ1) is 22.2. The monoisotopic (exact) mass is 467 g/mol. The predicted octanol–water partition coefficient (Wildman–Crippen LogP) is 3.32. The van der Waals surface area contributed by atoms with Crippen LogP contribution < -0.4 is 15.5 Å². The second-order valence-electron chi connectivity index (χ2n) is 5.77. The fraction of sp³-hybridized carbons (Fsp3) is 0.400. The third-order valence-corrected chi connectivity index (χ3v) is 4.02. The lowest BCUT2D eigenvalue weighted by atomic mass is 10.2. The van der Waals surface area contributed by atoms with E-state index in [1.165, 1.54) is 5.69 Å². The van der Waals surface area contributed by atoms with Gasteiger partial charge in [0.1, 0.15) is 0 Å². The molecular weight excluding hydrogens is 437 g/mol. The van der Waals surface area contributed by atoms with Crippen LogP contribution in [0.5, 0.6) is 0 Å². The van der Waals surface area contributed by atoms with Gasteiger partial charge in [0.05, 0.1) is 0 Å². The average Bonchev–Trinajstić information content (AvgIpc) is 2.68. The smallest absolute Gasteiger partial charge is 0.190 e. The van der Waals surface area contributed by atoms with E-state index in [2.05, 4.69) is 62.8 Å². The Kier molecular flexibility index (Phi) is 11.4. The maximum absolute atomic E-state index is 4.33. The standard InChI is InChI=1S/C20H29N5.HI/c1-3-25(19-11-5-4-6-12-19)17-9-15-23-20(21-2)24-16-13-18-10-7-8-14-22-18;/h4-8,10-12,14H,3,9,13,15-17H2,1-2H3,(H2,21,23,24);1H. The van der Waals surface area contributed by atoms with E-state index in [1.807, 2.05) is 24.4 Å². The summed E-state index contributed by atoms with van der Waals surface area (Å²) in [5.74, 6) is 0.846. The van der Waals surface area contributed by atoms with Crippen molar-refractivity contribution in [2.75, 3.05) is 38.1 Å². The van der Waals surface area contributed by atoms with Gasteiger partial charge in [0.2, 0.25) is 0 Å². The predicted molar refractivity (Wildman–Crippen MR) is 122 cm³/mol. The molecule has 0 aliphatic rings. The SMILES string of the molecule is CCN(CCCNC(=NC)NCCc1ccccn1)c1ccccc1.I. The maximum Gasteiger partial charge on any atom is 0.190 e. The van der Waals surface area contributed by atoms with Gasteiger partial charge in [-0.15, -0.1) is 24.0 Å². The molecule has 26 heavy (non-hydrogen) atoms. The Labute approximate surface area is 174 Å². The molecule has 1 heterocycles. The molecule has 0 fully saturated rings. The molecule has 0 bridgehead atoms. The van der Waals surface area contributed by atoms with Crippen LogP contribution in [0.15, 0.2) is 59.7 Å². The molecule has 6 heteroatoms. The summed E-state index contributed by atoms with van der Waals surface area (Å²) in [6.45, 7) is 5.95. The molecule has 2 aromatic rings. The van der Waals surface area contributed by atoms with Crippen molar-refractivity contribution in [3.63, 3.8) is 0 Å². The Morgan fingerprint density at radius 3 is 2.42 bits per heavy atom. The Morgan fingerprint density at radius 2 is 1.77 bits per heavy atom. The molecule has 0 saturated carbocycles. The van der Waals surface area contributed by atoms with Gasteiger partial charge in [0, 0.05) is 57.2 Å². The number of anilines is 1. The van der Waals surface area contributed by atoms with Gasteiger partial charge >= 0.3 is 0 Å². The molecule has 5 nitrogen and oxygen atoms in total. The van der Waals surface area contributed by atoms with Gasteiger partial charge in [-0.05, 0) is 37.6 Å². The summed E-state index contributed by atoms with van der Waals surface area (Å²) in [5, 5.41) is 6.72. The van der Waals surface area contributed by atoms with Crippen molar-refractivity contribution in [3.8, 4) is 0 Å². The molecule has 0 radical (unpaired) electrons. The van der Waals surface area contributed by atoms with Crippen molar-refractivity contribution in [1.29, 1.82) is 0 Å². The molecule has 142 valence electrons. The van der Waals surface area contributed by atoms with Crippen LogP contribution in [0.4, 0.5) is 5.69 Å². The van der Waals surface area contributed by atoms with Crippen LogP contribution in [0.3, 0.4) is 0 Å². The zero-order valence-electron chi connectivity index (χ0n) is 15.7. The number of para-hydroxylation sites is 1. The molecule has 2 rings (SSSR count). The number of halogens is 1. The van der Waals surface area contributed by atoms with E-state index in [1.54, 1.807) is 7.05 Å². The van der Waals surface area contributed by atoms with E-state index in [4.69, 9.17) is 0 Å². The van der Waals surface area contributed by atoms with Gasteiger partial charge < -0.3 is 15.5 Å². The van der Waals surface area contributed by atoms with E-state index < -0.39 is 0 Å². The highest BCUT2D eigenvalue weighted by molar-refractivity contribution is 14.0. The lowest BCUT2D eigenvalue weighted by molar-refractivity contribution is 0.706. The summed E-state index contributed by atoms with van der Waals surface area (Å²) in [6.07, 6.45) is 3.78. The number of rotatable bonds is 9. The van der Waals surface area contributed by atoms with Gasteiger partial charge in [0.25, 0.3) is 0 Å². The second kappa shape index (κ2) is 13.4. The minimum atomic E-state index is 0. The number of guanidine groups is 1. The Balaban J connectivity index is 0.00000338. The summed E-state index contributed by atoms with van der Waals surface area (Å²) in [5.41, 5.74) is 2.37. The first-order valence-electron chi connectivity index (χ1n) is 8.98. The van der Waals surface area contributed by atoms with Crippen LogP contribution in [-0.2, 0) is 6.42 Å². The molecule has 0 unspecified atom stereocenters. The zero-order chi connectivity index (χ0) is 17.7. The molecular formula is C20H30IN5. The van der Waals surface area contributed by atoms with E-state index in [0.29, 0.717) is 0 Å². The largest absolute Gasteiger partial charge is 0.372 e. The average molecular weight is 467 g/mol. The van der Waals surface area contributed by atoms with Crippen LogP contribution in [0, 0.1) is 0 Å². The van der Waals surface area contributed by atoms with E-state index in [0.717, 1.165) is 50.7 Å². The van der Waals surface area contributed by atoms with E-state index in [9.17, 15) is 0 Å². The Bertz CT molecular complexity index is 619. The summed E-state index contributed by atoms with van der Waals surface area (Å²) >= 11 is 0. The number of nitrogens with zero attached hydrogens (tertiary/aromatic N) is 3. The summed E-state index contributed by atoms with van der Waals surface area (Å²) in [7, 11) is 1.80. The fourth-order valence-corrected chi connectivity index (χ4v) is 2.66. The van der Waals surface area contributed by atoms with Crippen molar-refractivity contribution in [2.24, 2.45) is 4.99 Å². The maximum atomic E-state index is 4.33. The number of nitrogens with one attached hydrogen (secondary N) is 2. The number of aromatic nitrogens is 1. The third-order valence-electron chi connectivity index (χ3n) is 4.02. The summed E-state index contributed by atoms with van der Waals surface area (Å²) in [6, 6.07) is 16.5. The lowest BCUT2D eigenvalue weighted by Gasteiger charge is -2.23.